The second-order valence-electron chi connectivity index (χ2n) is 12.1. The topological polar surface area (TPSA) is 108 Å². The van der Waals surface area contributed by atoms with Gasteiger partial charge in [-0.1, -0.05) is 37.3 Å². The Labute approximate surface area is 269 Å². The number of aliphatic hydroxyl groups excluding tert-OH is 1. The first-order chi connectivity index (χ1) is 21.8. The molecule has 9 nitrogen and oxygen atoms in total. The molecule has 254 valence electrons. The van der Waals surface area contributed by atoms with Crippen LogP contribution in [0.2, 0.25) is 0 Å². The number of aliphatic hydroxyl groups is 1. The molecule has 0 aromatic heterocycles. The van der Waals surface area contributed by atoms with Gasteiger partial charge < -0.3 is 29.7 Å². The molecule has 2 aromatic carbocycles. The minimum Gasteiger partial charge on any atom is -0.490 e. The van der Waals surface area contributed by atoms with E-state index in [2.05, 4.69) is 5.32 Å². The number of ether oxygens (including phenoxy) is 2. The number of carbonyl (C=O) groups excluding carboxylic acids is 3. The van der Waals surface area contributed by atoms with E-state index < -0.39 is 43.0 Å². The van der Waals surface area contributed by atoms with E-state index in [-0.39, 0.29) is 54.5 Å². The van der Waals surface area contributed by atoms with Gasteiger partial charge in [0.05, 0.1) is 43.3 Å². The van der Waals surface area contributed by atoms with Gasteiger partial charge in [-0.05, 0) is 56.9 Å². The van der Waals surface area contributed by atoms with Gasteiger partial charge in [-0.25, -0.2) is 0 Å². The second kappa shape index (κ2) is 17.3. The molecule has 46 heavy (non-hydrogen) atoms. The van der Waals surface area contributed by atoms with E-state index in [1.807, 2.05) is 44.2 Å². The lowest BCUT2D eigenvalue weighted by Crippen LogP contribution is -2.48. The number of halogens is 3. The van der Waals surface area contributed by atoms with E-state index >= 15 is 0 Å². The summed E-state index contributed by atoms with van der Waals surface area (Å²) in [5.41, 5.74) is 1.16. The number of nitrogens with one attached hydrogen (secondary N) is 1. The molecule has 1 aliphatic heterocycles. The number of rotatable bonds is 9. The number of carbonyl (C=O) groups is 3. The Morgan fingerprint density at radius 2 is 1.85 bits per heavy atom. The molecule has 3 rings (SSSR count). The molecule has 12 heteroatoms. The fourth-order valence-corrected chi connectivity index (χ4v) is 5.22. The van der Waals surface area contributed by atoms with Crippen LogP contribution in [0.3, 0.4) is 0 Å². The Morgan fingerprint density at radius 1 is 1.13 bits per heavy atom. The van der Waals surface area contributed by atoms with Crippen LogP contribution in [0.25, 0.3) is 0 Å². The number of nitrogens with zero attached hydrogens (tertiary/aromatic N) is 2. The molecule has 0 fully saturated rings. The molecule has 0 bridgehead atoms. The van der Waals surface area contributed by atoms with Crippen LogP contribution in [-0.2, 0) is 20.7 Å². The van der Waals surface area contributed by atoms with Crippen LogP contribution < -0.4 is 10.1 Å². The van der Waals surface area contributed by atoms with Crippen LogP contribution in [0.5, 0.6) is 5.75 Å². The van der Waals surface area contributed by atoms with Crippen molar-refractivity contribution in [3.63, 3.8) is 0 Å². The third-order valence-electron chi connectivity index (χ3n) is 8.05. The Kier molecular flexibility index (Phi) is 13.9. The van der Waals surface area contributed by atoms with Crippen LogP contribution in [0.1, 0.15) is 68.8 Å². The van der Waals surface area contributed by atoms with Crippen molar-refractivity contribution in [2.45, 2.75) is 83.7 Å². The maximum absolute atomic E-state index is 14.2. The summed E-state index contributed by atoms with van der Waals surface area (Å²) in [6, 6.07) is 13.2. The number of amides is 3. The van der Waals surface area contributed by atoms with Gasteiger partial charge in [-0.2, -0.15) is 13.2 Å². The molecule has 3 amide bonds. The highest BCUT2D eigenvalue weighted by Gasteiger charge is 2.31. The van der Waals surface area contributed by atoms with Crippen LogP contribution in [0.4, 0.5) is 18.9 Å². The first-order valence-corrected chi connectivity index (χ1v) is 15.8. The van der Waals surface area contributed by atoms with Crippen LogP contribution in [-0.4, -0.2) is 90.4 Å². The zero-order chi connectivity index (χ0) is 33.9. The quantitative estimate of drug-likeness (QED) is 0.374. The number of likely N-dealkylation sites (N-methyl/N-ethyl adjacent to an activating group) is 1. The van der Waals surface area contributed by atoms with Crippen molar-refractivity contribution >= 4 is 23.4 Å². The summed E-state index contributed by atoms with van der Waals surface area (Å²) in [7, 11) is 1.73. The van der Waals surface area contributed by atoms with E-state index in [9.17, 15) is 32.7 Å². The molecule has 0 aliphatic carbocycles. The molecule has 0 saturated heterocycles. The van der Waals surface area contributed by atoms with E-state index in [0.717, 1.165) is 18.4 Å². The summed E-state index contributed by atoms with van der Waals surface area (Å²) < 4.78 is 50.4. The average molecular weight is 650 g/mol. The van der Waals surface area contributed by atoms with Crippen LogP contribution in [0.15, 0.2) is 48.5 Å². The Bertz CT molecular complexity index is 1290. The predicted molar refractivity (Wildman–Crippen MR) is 169 cm³/mol. The summed E-state index contributed by atoms with van der Waals surface area (Å²) in [6.07, 6.45) is -4.73. The van der Waals surface area contributed by atoms with Gasteiger partial charge in [0, 0.05) is 44.8 Å². The molecule has 2 N–H and O–H groups in total. The summed E-state index contributed by atoms with van der Waals surface area (Å²) in [6.45, 7) is 6.09. The normalized spacial score (nSPS) is 20.6. The first-order valence-electron chi connectivity index (χ1n) is 15.8. The molecule has 0 radical (unpaired) electrons. The molecular formula is C34H46F3N3O6. The van der Waals surface area contributed by atoms with Gasteiger partial charge >= 0.3 is 6.18 Å². The van der Waals surface area contributed by atoms with Crippen molar-refractivity contribution in [1.29, 1.82) is 0 Å². The van der Waals surface area contributed by atoms with Gasteiger partial charge in [0.15, 0.2) is 0 Å². The SMILES string of the molecule is C[C@@H]1CCCCO[C@@H](CN(C)C(=O)Cc2ccccc2)[C@H](C)CN([C@H](C)CO)C(=O)c2cc(NC(=O)CCC(F)(F)F)ccc2O1. The lowest BCUT2D eigenvalue weighted by Gasteiger charge is -2.36. The standard InChI is InChI=1S/C34H46F3N3O6/c1-23-20-40(24(2)22-41)33(44)28-19-27(38-31(42)15-16-34(35,36)37)13-14-29(28)46-25(3)10-8-9-17-45-30(23)21-39(4)32(43)18-26-11-6-5-7-12-26/h5-7,11-14,19,23-25,30,41H,8-10,15-18,20-22H2,1-4H3,(H,38,42)/t23-,24-,25-,30+/m1/s1. The molecular weight excluding hydrogens is 603 g/mol. The Hall–Kier alpha value is -3.64. The average Bonchev–Trinajstić information content (AvgIpc) is 3.01. The number of anilines is 1. The molecule has 0 unspecified atom stereocenters. The third kappa shape index (κ3) is 11.6. The van der Waals surface area contributed by atoms with Gasteiger partial charge in [0.1, 0.15) is 5.75 Å². The maximum atomic E-state index is 14.2. The lowest BCUT2D eigenvalue weighted by molar-refractivity contribution is -0.142. The first kappa shape index (κ1) is 36.8. The highest BCUT2D eigenvalue weighted by Crippen LogP contribution is 2.29. The highest BCUT2D eigenvalue weighted by atomic mass is 19.4. The molecule has 2 aromatic rings. The predicted octanol–water partition coefficient (Wildman–Crippen LogP) is 5.46. The van der Waals surface area contributed by atoms with Crippen molar-refractivity contribution in [3.8, 4) is 5.75 Å². The number of benzene rings is 2. The molecule has 4 atom stereocenters. The van der Waals surface area contributed by atoms with Crippen molar-refractivity contribution in [2.24, 2.45) is 5.92 Å². The minimum absolute atomic E-state index is 0.0669. The smallest absolute Gasteiger partial charge is 0.389 e. The minimum atomic E-state index is -4.47. The van der Waals surface area contributed by atoms with E-state index in [1.165, 1.54) is 23.1 Å². The monoisotopic (exact) mass is 649 g/mol. The Balaban J connectivity index is 1.88. The van der Waals surface area contributed by atoms with E-state index in [0.29, 0.717) is 19.6 Å². The molecule has 0 spiro atoms. The van der Waals surface area contributed by atoms with Crippen molar-refractivity contribution in [1.82, 2.24) is 9.80 Å². The zero-order valence-electron chi connectivity index (χ0n) is 27.0. The number of hydrogen-bond donors (Lipinski definition) is 2. The summed E-state index contributed by atoms with van der Waals surface area (Å²) in [4.78, 5) is 42.6. The summed E-state index contributed by atoms with van der Waals surface area (Å²) in [5.74, 6) is -1.37. The number of fused-ring (bicyclic) bond motifs is 1. The lowest BCUT2D eigenvalue weighted by atomic mass is 10.0. The van der Waals surface area contributed by atoms with Gasteiger partial charge in [0.25, 0.3) is 5.91 Å². The maximum Gasteiger partial charge on any atom is 0.389 e. The second-order valence-corrected chi connectivity index (χ2v) is 12.1. The van der Waals surface area contributed by atoms with Gasteiger partial charge in [-0.15, -0.1) is 0 Å². The van der Waals surface area contributed by atoms with Crippen LogP contribution in [0, 0.1) is 5.92 Å². The van der Waals surface area contributed by atoms with Gasteiger partial charge in [-0.3, -0.25) is 14.4 Å². The highest BCUT2D eigenvalue weighted by molar-refractivity contribution is 5.99. The van der Waals surface area contributed by atoms with Crippen molar-refractivity contribution in [2.75, 3.05) is 38.7 Å². The molecule has 0 saturated carbocycles. The number of alkyl halides is 3. The third-order valence-corrected chi connectivity index (χ3v) is 8.05. The number of hydrogen-bond acceptors (Lipinski definition) is 6. The largest absolute Gasteiger partial charge is 0.490 e. The van der Waals surface area contributed by atoms with E-state index in [1.54, 1.807) is 18.9 Å². The fraction of sp³-hybridized carbons (Fsp3) is 0.559. The van der Waals surface area contributed by atoms with E-state index in [4.69, 9.17) is 9.47 Å². The zero-order valence-corrected chi connectivity index (χ0v) is 27.0. The van der Waals surface area contributed by atoms with Crippen molar-refractivity contribution < 1.29 is 42.1 Å². The van der Waals surface area contributed by atoms with Gasteiger partial charge in [0.2, 0.25) is 11.8 Å². The van der Waals surface area contributed by atoms with Crippen LogP contribution >= 0.6 is 0 Å². The summed E-state index contributed by atoms with van der Waals surface area (Å²) >= 11 is 0. The molecule has 1 aliphatic rings. The van der Waals surface area contributed by atoms with Crippen molar-refractivity contribution in [3.05, 3.63) is 59.7 Å². The Morgan fingerprint density at radius 3 is 2.52 bits per heavy atom. The fourth-order valence-electron chi connectivity index (χ4n) is 5.22. The summed E-state index contributed by atoms with van der Waals surface area (Å²) in [5, 5.41) is 12.6. The molecule has 1 heterocycles.